The summed E-state index contributed by atoms with van der Waals surface area (Å²) in [5.41, 5.74) is 7.96. The predicted octanol–water partition coefficient (Wildman–Crippen LogP) is 2.40. The van der Waals surface area contributed by atoms with E-state index in [0.29, 0.717) is 5.56 Å². The molecule has 20 heavy (non-hydrogen) atoms. The summed E-state index contributed by atoms with van der Waals surface area (Å²) in [5.74, 6) is -2.46. The van der Waals surface area contributed by atoms with Crippen LogP contribution in [-0.4, -0.2) is 17.0 Å². The minimum absolute atomic E-state index is 0.292. The first-order valence-electron chi connectivity index (χ1n) is 6.24. The van der Waals surface area contributed by atoms with E-state index in [9.17, 15) is 9.59 Å². The van der Waals surface area contributed by atoms with Crippen molar-refractivity contribution in [3.8, 4) is 11.1 Å². The van der Waals surface area contributed by atoms with Gasteiger partial charge in [0.2, 0.25) is 5.91 Å². The Kier molecular flexibility index (Phi) is 4.15. The monoisotopic (exact) mass is 269 g/mol. The number of nitrogens with two attached hydrogens (primary N) is 1. The molecule has 0 aliphatic rings. The third kappa shape index (κ3) is 3.23. The predicted molar refractivity (Wildman–Crippen MR) is 76.1 cm³/mol. The lowest BCUT2D eigenvalue weighted by Gasteiger charge is -2.12. The van der Waals surface area contributed by atoms with Crippen LogP contribution < -0.4 is 5.73 Å². The number of carboxylic acids is 1. The van der Waals surface area contributed by atoms with Gasteiger partial charge in [-0.2, -0.15) is 0 Å². The van der Waals surface area contributed by atoms with Gasteiger partial charge in [-0.3, -0.25) is 9.59 Å². The summed E-state index contributed by atoms with van der Waals surface area (Å²) in [4.78, 5) is 22.1. The molecule has 0 aliphatic carbocycles. The number of aliphatic carboxylic acids is 1. The van der Waals surface area contributed by atoms with E-state index >= 15 is 0 Å². The standard InChI is InChI=1S/C16H15NO3/c17-16(20)14(10-15(18)19)13-8-6-12(7-9-13)11-4-2-1-3-5-11/h1-9,14H,10H2,(H2,17,20)(H,18,19). The van der Waals surface area contributed by atoms with Crippen molar-refractivity contribution in [2.24, 2.45) is 5.73 Å². The van der Waals surface area contributed by atoms with Crippen LogP contribution >= 0.6 is 0 Å². The van der Waals surface area contributed by atoms with Gasteiger partial charge in [-0.1, -0.05) is 54.6 Å². The molecule has 0 aliphatic heterocycles. The number of rotatable bonds is 5. The molecule has 1 unspecified atom stereocenters. The summed E-state index contributed by atoms with van der Waals surface area (Å²) in [6.45, 7) is 0. The Morgan fingerprint density at radius 2 is 1.50 bits per heavy atom. The zero-order valence-electron chi connectivity index (χ0n) is 10.8. The zero-order chi connectivity index (χ0) is 14.5. The molecule has 0 radical (unpaired) electrons. The molecule has 4 nitrogen and oxygen atoms in total. The van der Waals surface area contributed by atoms with Crippen molar-refractivity contribution >= 4 is 11.9 Å². The Morgan fingerprint density at radius 1 is 0.950 bits per heavy atom. The quantitative estimate of drug-likeness (QED) is 0.874. The molecular formula is C16H15NO3. The molecule has 1 amide bonds. The van der Waals surface area contributed by atoms with Crippen LogP contribution in [0.4, 0.5) is 0 Å². The van der Waals surface area contributed by atoms with Gasteiger partial charge < -0.3 is 10.8 Å². The van der Waals surface area contributed by atoms with E-state index in [1.165, 1.54) is 0 Å². The maximum absolute atomic E-state index is 11.3. The van der Waals surface area contributed by atoms with Crippen LogP contribution in [0.2, 0.25) is 0 Å². The SMILES string of the molecule is NC(=O)C(CC(=O)O)c1ccc(-c2ccccc2)cc1. The van der Waals surface area contributed by atoms with Crippen molar-refractivity contribution < 1.29 is 14.7 Å². The van der Waals surface area contributed by atoms with Gasteiger partial charge in [0.05, 0.1) is 12.3 Å². The maximum atomic E-state index is 11.3. The van der Waals surface area contributed by atoms with E-state index in [0.717, 1.165) is 11.1 Å². The number of carboxylic acid groups (broad SMARTS) is 1. The highest BCUT2D eigenvalue weighted by atomic mass is 16.4. The molecule has 0 saturated heterocycles. The normalized spacial score (nSPS) is 11.8. The van der Waals surface area contributed by atoms with Crippen molar-refractivity contribution in [2.45, 2.75) is 12.3 Å². The number of hydrogen-bond acceptors (Lipinski definition) is 2. The first kappa shape index (κ1) is 13.8. The lowest BCUT2D eigenvalue weighted by atomic mass is 9.93. The van der Waals surface area contributed by atoms with Crippen LogP contribution in [0, 0.1) is 0 Å². The fourth-order valence-electron chi connectivity index (χ4n) is 2.10. The molecule has 4 heteroatoms. The largest absolute Gasteiger partial charge is 0.481 e. The Morgan fingerprint density at radius 3 is 2.00 bits per heavy atom. The molecular weight excluding hydrogens is 254 g/mol. The second-order valence-electron chi connectivity index (χ2n) is 4.54. The minimum Gasteiger partial charge on any atom is -0.481 e. The van der Waals surface area contributed by atoms with Crippen LogP contribution in [0.3, 0.4) is 0 Å². The number of carbonyl (C=O) groups is 2. The Bertz CT molecular complexity index is 605. The Hall–Kier alpha value is -2.62. The minimum atomic E-state index is -1.04. The first-order valence-corrected chi connectivity index (χ1v) is 6.24. The van der Waals surface area contributed by atoms with Gasteiger partial charge in [-0.25, -0.2) is 0 Å². The van der Waals surface area contributed by atoms with Crippen molar-refractivity contribution in [1.82, 2.24) is 0 Å². The highest BCUT2D eigenvalue weighted by Crippen LogP contribution is 2.24. The number of benzene rings is 2. The van der Waals surface area contributed by atoms with Gasteiger partial charge in [0.15, 0.2) is 0 Å². The van der Waals surface area contributed by atoms with Gasteiger partial charge in [-0.05, 0) is 16.7 Å². The molecule has 102 valence electrons. The number of hydrogen-bond donors (Lipinski definition) is 2. The molecule has 2 aromatic carbocycles. The fraction of sp³-hybridized carbons (Fsp3) is 0.125. The Balaban J connectivity index is 2.27. The van der Waals surface area contributed by atoms with Gasteiger partial charge >= 0.3 is 5.97 Å². The average molecular weight is 269 g/mol. The molecule has 0 aromatic heterocycles. The number of primary amides is 1. The molecule has 2 rings (SSSR count). The third-order valence-electron chi connectivity index (χ3n) is 3.14. The fourth-order valence-corrected chi connectivity index (χ4v) is 2.10. The van der Waals surface area contributed by atoms with E-state index in [4.69, 9.17) is 10.8 Å². The molecule has 0 spiro atoms. The van der Waals surface area contributed by atoms with Gasteiger partial charge in [0.25, 0.3) is 0 Å². The lowest BCUT2D eigenvalue weighted by molar-refractivity contribution is -0.139. The first-order chi connectivity index (χ1) is 9.58. The molecule has 0 saturated carbocycles. The molecule has 3 N–H and O–H groups in total. The summed E-state index contributed by atoms with van der Waals surface area (Å²) >= 11 is 0. The summed E-state index contributed by atoms with van der Waals surface area (Å²) < 4.78 is 0. The van der Waals surface area contributed by atoms with Gasteiger partial charge in [0.1, 0.15) is 0 Å². The van der Waals surface area contributed by atoms with Gasteiger partial charge in [-0.15, -0.1) is 0 Å². The highest BCUT2D eigenvalue weighted by Gasteiger charge is 2.21. The van der Waals surface area contributed by atoms with Crippen molar-refractivity contribution in [1.29, 1.82) is 0 Å². The maximum Gasteiger partial charge on any atom is 0.304 e. The topological polar surface area (TPSA) is 80.4 Å². The van der Waals surface area contributed by atoms with E-state index in [1.54, 1.807) is 12.1 Å². The van der Waals surface area contributed by atoms with E-state index in [2.05, 4.69) is 0 Å². The average Bonchev–Trinajstić information content (AvgIpc) is 2.45. The van der Waals surface area contributed by atoms with Crippen LogP contribution in [0.15, 0.2) is 54.6 Å². The zero-order valence-corrected chi connectivity index (χ0v) is 10.8. The van der Waals surface area contributed by atoms with Crippen molar-refractivity contribution in [3.05, 3.63) is 60.2 Å². The summed E-state index contributed by atoms with van der Waals surface area (Å²) in [6.07, 6.45) is -0.292. The molecule has 1 atom stereocenters. The van der Waals surface area contributed by atoms with E-state index in [-0.39, 0.29) is 6.42 Å². The second kappa shape index (κ2) is 6.02. The molecule has 0 fully saturated rings. The van der Waals surface area contributed by atoms with E-state index in [1.807, 2.05) is 42.5 Å². The number of carbonyl (C=O) groups excluding carboxylic acids is 1. The van der Waals surface area contributed by atoms with Crippen LogP contribution in [0.25, 0.3) is 11.1 Å². The smallest absolute Gasteiger partial charge is 0.304 e. The van der Waals surface area contributed by atoms with Crippen molar-refractivity contribution in [3.63, 3.8) is 0 Å². The van der Waals surface area contributed by atoms with E-state index < -0.39 is 17.8 Å². The van der Waals surface area contributed by atoms with Crippen LogP contribution in [0.5, 0.6) is 0 Å². The Labute approximate surface area is 116 Å². The summed E-state index contributed by atoms with van der Waals surface area (Å²) in [5, 5.41) is 8.82. The lowest BCUT2D eigenvalue weighted by Crippen LogP contribution is -2.23. The summed E-state index contributed by atoms with van der Waals surface area (Å²) in [7, 11) is 0. The van der Waals surface area contributed by atoms with Crippen LogP contribution in [-0.2, 0) is 9.59 Å². The molecule has 2 aromatic rings. The molecule has 0 heterocycles. The third-order valence-corrected chi connectivity index (χ3v) is 3.14. The van der Waals surface area contributed by atoms with Gasteiger partial charge in [0, 0.05) is 0 Å². The number of amides is 1. The molecule has 0 bridgehead atoms. The van der Waals surface area contributed by atoms with Crippen molar-refractivity contribution in [2.75, 3.05) is 0 Å². The van der Waals surface area contributed by atoms with Crippen LogP contribution in [0.1, 0.15) is 17.9 Å². The highest BCUT2D eigenvalue weighted by molar-refractivity contribution is 5.86. The summed E-state index contributed by atoms with van der Waals surface area (Å²) in [6, 6.07) is 17.0. The second-order valence-corrected chi connectivity index (χ2v) is 4.54.